The van der Waals surface area contributed by atoms with Crippen molar-refractivity contribution in [2.24, 2.45) is 0 Å². The van der Waals surface area contributed by atoms with Crippen LogP contribution in [0.25, 0.3) is 10.9 Å². The summed E-state index contributed by atoms with van der Waals surface area (Å²) in [6, 6.07) is 14.8. The number of hydrogen-bond acceptors (Lipinski definition) is 6. The lowest BCUT2D eigenvalue weighted by Gasteiger charge is -2.25. The number of aryl methyl sites for hydroxylation is 1. The number of carbonyl (C=O) groups is 1. The molecular weight excluding hydrogens is 453 g/mol. The molecule has 35 heavy (non-hydrogen) atoms. The number of methoxy groups -OCH3 is 1. The number of ether oxygens (including phenoxy) is 1. The topological polar surface area (TPSA) is 123 Å². The number of carbonyl (C=O) groups excluding carboxylic acids is 1. The summed E-state index contributed by atoms with van der Waals surface area (Å²) in [6.45, 7) is 1.82. The van der Waals surface area contributed by atoms with Crippen LogP contribution in [0, 0.1) is 12.7 Å². The molecule has 0 unspecified atom stereocenters. The number of halogens is 1. The molecule has 0 aliphatic rings. The fraction of sp³-hybridized carbons (Fsp3) is 0.200. The predicted octanol–water partition coefficient (Wildman–Crippen LogP) is 2.46. The number of fused-ring (bicyclic) bond motifs is 1. The zero-order valence-electron chi connectivity index (χ0n) is 19.2. The summed E-state index contributed by atoms with van der Waals surface area (Å²) in [5, 5.41) is 0.558. The molecule has 0 atom stereocenters. The van der Waals surface area contributed by atoms with E-state index in [2.05, 4.69) is 9.97 Å². The molecule has 1 amide bonds. The van der Waals surface area contributed by atoms with Crippen LogP contribution in [0.2, 0.25) is 0 Å². The van der Waals surface area contributed by atoms with Crippen molar-refractivity contribution in [1.82, 2.24) is 14.5 Å². The Hall–Kier alpha value is -4.31. The fourth-order valence-corrected chi connectivity index (χ4v) is 3.86. The van der Waals surface area contributed by atoms with Gasteiger partial charge in [0.25, 0.3) is 11.5 Å². The number of aromatic amines is 1. The number of anilines is 2. The Morgan fingerprint density at radius 3 is 2.63 bits per heavy atom. The van der Waals surface area contributed by atoms with Gasteiger partial charge in [-0.05, 0) is 30.7 Å². The number of nitrogens with two attached hydrogens (primary N) is 1. The number of rotatable bonds is 7. The van der Waals surface area contributed by atoms with Gasteiger partial charge in [-0.25, -0.2) is 9.18 Å². The van der Waals surface area contributed by atoms with Crippen LogP contribution in [-0.2, 0) is 11.3 Å². The van der Waals surface area contributed by atoms with Crippen LogP contribution >= 0.6 is 0 Å². The number of nitrogens with one attached hydrogen (secondary N) is 1. The predicted molar refractivity (Wildman–Crippen MR) is 131 cm³/mol. The van der Waals surface area contributed by atoms with E-state index in [1.165, 1.54) is 34.8 Å². The minimum absolute atomic E-state index is 0.00690. The fourth-order valence-electron chi connectivity index (χ4n) is 3.86. The van der Waals surface area contributed by atoms with Crippen LogP contribution in [0.5, 0.6) is 0 Å². The van der Waals surface area contributed by atoms with E-state index in [1.54, 1.807) is 13.0 Å². The number of aromatic nitrogens is 3. The van der Waals surface area contributed by atoms with Crippen LogP contribution in [0.1, 0.15) is 21.6 Å². The summed E-state index contributed by atoms with van der Waals surface area (Å²) in [6.07, 6.45) is 0. The Labute approximate surface area is 199 Å². The van der Waals surface area contributed by atoms with Crippen LogP contribution in [-0.4, -0.2) is 40.7 Å². The smallest absolute Gasteiger partial charge is 0.330 e. The number of pyridine rings is 1. The number of amides is 1. The van der Waals surface area contributed by atoms with Gasteiger partial charge >= 0.3 is 5.69 Å². The number of nitrogen functional groups attached to an aromatic ring is 1. The molecule has 0 spiro atoms. The Balaban J connectivity index is 1.84. The van der Waals surface area contributed by atoms with Crippen molar-refractivity contribution in [1.29, 1.82) is 0 Å². The Morgan fingerprint density at radius 2 is 1.91 bits per heavy atom. The molecule has 4 aromatic rings. The highest BCUT2D eigenvalue weighted by Crippen LogP contribution is 2.23. The Morgan fingerprint density at radius 1 is 1.17 bits per heavy atom. The molecule has 0 aliphatic carbocycles. The molecule has 0 radical (unpaired) electrons. The summed E-state index contributed by atoms with van der Waals surface area (Å²) < 4.78 is 20.0. The largest absolute Gasteiger partial charge is 0.383 e. The quantitative estimate of drug-likeness (QED) is 0.422. The highest BCUT2D eigenvalue weighted by Gasteiger charge is 2.27. The monoisotopic (exact) mass is 477 g/mol. The molecule has 10 heteroatoms. The SMILES string of the molecule is COCCN(C(=O)c1cc2ccc(F)cc2nc1C)c1c(N)n(Cc2ccccc2)c(=O)[nH]c1=O. The van der Waals surface area contributed by atoms with E-state index in [4.69, 9.17) is 10.5 Å². The normalized spacial score (nSPS) is 11.1. The lowest BCUT2D eigenvalue weighted by atomic mass is 10.1. The van der Waals surface area contributed by atoms with E-state index in [9.17, 15) is 18.8 Å². The molecule has 2 aromatic carbocycles. The maximum atomic E-state index is 13.7. The first-order valence-corrected chi connectivity index (χ1v) is 10.8. The van der Waals surface area contributed by atoms with Gasteiger partial charge in [0.05, 0.1) is 29.9 Å². The van der Waals surface area contributed by atoms with Gasteiger partial charge in [0.2, 0.25) is 0 Å². The third-order valence-electron chi connectivity index (χ3n) is 5.63. The highest BCUT2D eigenvalue weighted by atomic mass is 19.1. The summed E-state index contributed by atoms with van der Waals surface area (Å²) in [7, 11) is 1.46. The van der Waals surface area contributed by atoms with Crippen molar-refractivity contribution in [3.63, 3.8) is 0 Å². The molecule has 4 rings (SSSR count). The van der Waals surface area contributed by atoms with E-state index in [-0.39, 0.29) is 36.8 Å². The van der Waals surface area contributed by atoms with Crippen molar-refractivity contribution in [3.8, 4) is 0 Å². The second-order valence-corrected chi connectivity index (χ2v) is 7.97. The molecule has 3 N–H and O–H groups in total. The zero-order valence-corrected chi connectivity index (χ0v) is 19.2. The molecule has 0 aliphatic heterocycles. The van der Waals surface area contributed by atoms with E-state index >= 15 is 0 Å². The van der Waals surface area contributed by atoms with Crippen LogP contribution < -0.4 is 21.9 Å². The van der Waals surface area contributed by atoms with Gasteiger partial charge in [-0.1, -0.05) is 30.3 Å². The van der Waals surface area contributed by atoms with Crippen molar-refractivity contribution < 1.29 is 13.9 Å². The standard InChI is InChI=1S/C25H24FN5O4/c1-15-19(12-17-8-9-18(26)13-20(17)28-15)24(33)30(10-11-35-2)21-22(27)31(25(34)29-23(21)32)14-16-6-4-3-5-7-16/h3-9,12-13H,10-11,14,27H2,1-2H3,(H,29,32,34). The van der Waals surface area contributed by atoms with Crippen LogP contribution in [0.15, 0.2) is 64.2 Å². The van der Waals surface area contributed by atoms with E-state index in [0.717, 1.165) is 5.56 Å². The number of benzene rings is 2. The lowest BCUT2D eigenvalue weighted by Crippen LogP contribution is -2.43. The summed E-state index contributed by atoms with van der Waals surface area (Å²) in [5.74, 6) is -1.15. The van der Waals surface area contributed by atoms with Crippen molar-refractivity contribution in [2.75, 3.05) is 30.9 Å². The first kappa shape index (κ1) is 23.8. The second-order valence-electron chi connectivity index (χ2n) is 7.97. The third kappa shape index (κ3) is 4.82. The van der Waals surface area contributed by atoms with E-state index < -0.39 is 23.0 Å². The van der Waals surface area contributed by atoms with Gasteiger partial charge in [0.15, 0.2) is 5.69 Å². The van der Waals surface area contributed by atoms with Crippen LogP contribution in [0.4, 0.5) is 15.9 Å². The minimum Gasteiger partial charge on any atom is -0.383 e. The Kier molecular flexibility index (Phi) is 6.74. The minimum atomic E-state index is -0.797. The average molecular weight is 477 g/mol. The lowest BCUT2D eigenvalue weighted by molar-refractivity contribution is 0.0974. The van der Waals surface area contributed by atoms with Crippen molar-refractivity contribution in [3.05, 3.63) is 98.1 Å². The van der Waals surface area contributed by atoms with Gasteiger partial charge in [-0.15, -0.1) is 0 Å². The van der Waals surface area contributed by atoms with E-state index in [0.29, 0.717) is 16.6 Å². The first-order valence-electron chi connectivity index (χ1n) is 10.8. The zero-order chi connectivity index (χ0) is 25.1. The molecular formula is C25H24FN5O4. The molecule has 2 heterocycles. The van der Waals surface area contributed by atoms with Gasteiger partial charge in [0.1, 0.15) is 11.6 Å². The van der Waals surface area contributed by atoms with Gasteiger partial charge in [0, 0.05) is 25.1 Å². The summed E-state index contributed by atoms with van der Waals surface area (Å²) in [4.78, 5) is 47.0. The van der Waals surface area contributed by atoms with E-state index in [1.807, 2.05) is 30.3 Å². The Bertz CT molecular complexity index is 1510. The molecule has 0 bridgehead atoms. The average Bonchev–Trinajstić information content (AvgIpc) is 2.83. The maximum Gasteiger partial charge on any atom is 0.330 e. The molecule has 0 saturated carbocycles. The molecule has 9 nitrogen and oxygen atoms in total. The molecule has 2 aromatic heterocycles. The number of nitrogens with zero attached hydrogens (tertiary/aromatic N) is 3. The number of H-pyrrole nitrogens is 1. The summed E-state index contributed by atoms with van der Waals surface area (Å²) in [5.41, 5.74) is 6.41. The number of hydrogen-bond donors (Lipinski definition) is 2. The third-order valence-corrected chi connectivity index (χ3v) is 5.63. The first-order chi connectivity index (χ1) is 16.8. The summed E-state index contributed by atoms with van der Waals surface area (Å²) >= 11 is 0. The van der Waals surface area contributed by atoms with Crippen molar-refractivity contribution >= 4 is 28.3 Å². The molecule has 0 fully saturated rings. The maximum absolute atomic E-state index is 13.7. The van der Waals surface area contributed by atoms with Crippen LogP contribution in [0.3, 0.4) is 0 Å². The van der Waals surface area contributed by atoms with Crippen molar-refractivity contribution in [2.45, 2.75) is 13.5 Å². The molecule has 180 valence electrons. The van der Waals surface area contributed by atoms with Gasteiger partial charge < -0.3 is 10.5 Å². The van der Waals surface area contributed by atoms with Gasteiger partial charge in [-0.3, -0.25) is 29.0 Å². The molecule has 0 saturated heterocycles. The second kappa shape index (κ2) is 9.90. The van der Waals surface area contributed by atoms with Gasteiger partial charge in [-0.2, -0.15) is 0 Å². The highest BCUT2D eigenvalue weighted by molar-refractivity contribution is 6.09.